The van der Waals surface area contributed by atoms with E-state index in [-0.39, 0.29) is 17.7 Å². The van der Waals surface area contributed by atoms with E-state index in [0.29, 0.717) is 30.9 Å². The highest BCUT2D eigenvalue weighted by Gasteiger charge is 2.37. The predicted octanol–water partition coefficient (Wildman–Crippen LogP) is 8.32. The zero-order valence-electron chi connectivity index (χ0n) is 29.4. The Morgan fingerprint density at radius 3 is 1.44 bits per heavy atom. The molecule has 0 spiro atoms. The summed E-state index contributed by atoms with van der Waals surface area (Å²) in [5, 5.41) is 24.3. The maximum absolute atomic E-state index is 12.8. The Labute approximate surface area is 313 Å². The molecule has 0 fully saturated rings. The number of hydrogen-bond acceptors (Lipinski definition) is 7. The van der Waals surface area contributed by atoms with Crippen molar-refractivity contribution in [1.82, 2.24) is 0 Å². The smallest absolute Gasteiger partial charge is 0.416 e. The van der Waals surface area contributed by atoms with Gasteiger partial charge in [-0.05, 0) is 92.1 Å². The molecule has 2 atom stereocenters. The van der Waals surface area contributed by atoms with Gasteiger partial charge >= 0.3 is 18.1 Å². The molecule has 0 saturated heterocycles. The second-order valence-corrected chi connectivity index (χ2v) is 16.8. The number of aryl methyl sites for hydroxylation is 2. The topological polar surface area (TPSA) is 167 Å². The summed E-state index contributed by atoms with van der Waals surface area (Å²) in [6.45, 7) is 0. The summed E-state index contributed by atoms with van der Waals surface area (Å²) < 4.78 is 88.9. The number of aliphatic carboxylic acids is 2. The van der Waals surface area contributed by atoms with Crippen LogP contribution in [0.15, 0.2) is 119 Å². The summed E-state index contributed by atoms with van der Waals surface area (Å²) in [6.07, 6.45) is 0.809. The average molecular weight is 786 g/mol. The second kappa shape index (κ2) is 20.5. The number of alkyl halides is 3. The maximum atomic E-state index is 12.8. The first kappa shape index (κ1) is 43.4. The fraction of sp³-hybridized carbons (Fsp3) is 0.325. The summed E-state index contributed by atoms with van der Waals surface area (Å²) in [5.74, 6) is -2.89. The lowest BCUT2D eigenvalue weighted by Crippen LogP contribution is -2.30. The Kier molecular flexibility index (Phi) is 16.4. The van der Waals surface area contributed by atoms with Gasteiger partial charge < -0.3 is 10.2 Å². The summed E-state index contributed by atoms with van der Waals surface area (Å²) >= 11 is 0. The second-order valence-electron chi connectivity index (χ2n) is 12.6. The highest BCUT2D eigenvalue weighted by molar-refractivity contribution is 7.93. The van der Waals surface area contributed by atoms with Gasteiger partial charge in [0.1, 0.15) is 0 Å². The number of carboxylic acid groups (broad SMARTS) is 2. The third-order valence-corrected chi connectivity index (χ3v) is 12.9. The van der Waals surface area contributed by atoms with E-state index in [1.165, 1.54) is 29.8 Å². The molecule has 9 nitrogen and oxygen atoms in total. The molecule has 0 heterocycles. The van der Waals surface area contributed by atoms with E-state index in [4.69, 9.17) is 5.26 Å². The molecule has 0 radical (unpaired) electrons. The van der Waals surface area contributed by atoms with Gasteiger partial charge in [0.15, 0.2) is 30.2 Å². The fourth-order valence-electron chi connectivity index (χ4n) is 5.68. The molecule has 0 aliphatic carbocycles. The molecule has 4 aromatic carbocycles. The van der Waals surface area contributed by atoms with Crippen LogP contribution < -0.4 is 0 Å². The predicted molar refractivity (Wildman–Crippen MR) is 197 cm³/mol. The van der Waals surface area contributed by atoms with Crippen LogP contribution in [0.4, 0.5) is 13.2 Å². The first-order valence-corrected chi connectivity index (χ1v) is 20.4. The van der Waals surface area contributed by atoms with Crippen LogP contribution in [-0.2, 0) is 48.3 Å². The van der Waals surface area contributed by atoms with Gasteiger partial charge in [-0.25, -0.2) is 16.8 Å². The third kappa shape index (κ3) is 13.1. The Balaban J connectivity index is 0.000000291. The number of rotatable bonds is 18. The molecule has 0 saturated carbocycles. The number of carboxylic acids is 2. The van der Waals surface area contributed by atoms with E-state index in [2.05, 4.69) is 0 Å². The van der Waals surface area contributed by atoms with Gasteiger partial charge in [-0.3, -0.25) is 9.59 Å². The number of benzene rings is 4. The highest BCUT2D eigenvalue weighted by atomic mass is 32.2. The molecule has 4 rings (SSSR count). The minimum Gasteiger partial charge on any atom is -0.480 e. The van der Waals surface area contributed by atoms with E-state index in [1.54, 1.807) is 0 Å². The van der Waals surface area contributed by atoms with Crippen LogP contribution in [0.3, 0.4) is 0 Å². The summed E-state index contributed by atoms with van der Waals surface area (Å²) in [5.41, 5.74) is 1.55. The van der Waals surface area contributed by atoms with Crippen molar-refractivity contribution >= 4 is 31.6 Å². The Morgan fingerprint density at radius 2 is 1.04 bits per heavy atom. The number of hydrogen-bond donors (Lipinski definition) is 2. The molecule has 2 unspecified atom stereocenters. The Bertz CT molecular complexity index is 2070. The van der Waals surface area contributed by atoms with Crippen molar-refractivity contribution in [3.05, 3.63) is 131 Å². The first-order chi connectivity index (χ1) is 25.6. The molecule has 0 amide bonds. The number of halogens is 3. The van der Waals surface area contributed by atoms with Gasteiger partial charge in [-0.15, -0.1) is 0 Å². The van der Waals surface area contributed by atoms with Gasteiger partial charge in [0.05, 0.1) is 27.0 Å². The van der Waals surface area contributed by atoms with Crippen molar-refractivity contribution in [1.29, 1.82) is 5.26 Å². The van der Waals surface area contributed by atoms with E-state index in [9.17, 15) is 49.8 Å². The molecule has 0 aliphatic heterocycles. The number of carbonyl (C=O) groups is 2. The molecule has 2 N–H and O–H groups in total. The van der Waals surface area contributed by atoms with Gasteiger partial charge in [0, 0.05) is 0 Å². The number of nitrogens with zero attached hydrogens (tertiary/aromatic N) is 1. The SMILES string of the molecule is N#Cc1ccc(S(=O)(=O)C(CCCCCc2ccccc2)C(=O)O)cc1.O=C(O)C(CCCCCc1ccccc1)S(=O)(=O)c1cccc(C(F)(F)F)c1. The Morgan fingerprint density at radius 1 is 0.593 bits per heavy atom. The van der Waals surface area contributed by atoms with E-state index in [0.717, 1.165) is 55.9 Å². The van der Waals surface area contributed by atoms with Crippen LogP contribution in [0, 0.1) is 11.3 Å². The maximum Gasteiger partial charge on any atom is 0.416 e. The molecule has 0 aromatic heterocycles. The van der Waals surface area contributed by atoms with E-state index >= 15 is 0 Å². The van der Waals surface area contributed by atoms with Gasteiger partial charge in [-0.1, -0.05) is 92.4 Å². The van der Waals surface area contributed by atoms with Gasteiger partial charge in [0.25, 0.3) is 0 Å². The number of unbranched alkanes of at least 4 members (excludes halogenated alkanes) is 4. The summed E-state index contributed by atoms with van der Waals surface area (Å²) in [6, 6.07) is 30.1. The Hall–Kier alpha value is -5.00. The van der Waals surface area contributed by atoms with Crippen LogP contribution in [0.5, 0.6) is 0 Å². The largest absolute Gasteiger partial charge is 0.480 e. The summed E-state index contributed by atoms with van der Waals surface area (Å²) in [4.78, 5) is 22.3. The number of nitriles is 1. The first-order valence-electron chi connectivity index (χ1n) is 17.3. The molecule has 0 aliphatic rings. The third-order valence-electron chi connectivity index (χ3n) is 8.65. The minimum atomic E-state index is -4.71. The quantitative estimate of drug-likeness (QED) is 0.0943. The van der Waals surface area contributed by atoms with Crippen molar-refractivity contribution in [2.45, 2.75) is 90.7 Å². The van der Waals surface area contributed by atoms with Crippen LogP contribution in [-0.4, -0.2) is 49.5 Å². The minimum absolute atomic E-state index is 0.0619. The fourth-order valence-corrected chi connectivity index (χ4v) is 8.90. The lowest BCUT2D eigenvalue weighted by Gasteiger charge is -2.15. The monoisotopic (exact) mass is 785 g/mol. The van der Waals surface area contributed by atoms with Gasteiger partial charge in [-0.2, -0.15) is 18.4 Å². The van der Waals surface area contributed by atoms with Crippen molar-refractivity contribution < 1.29 is 49.8 Å². The van der Waals surface area contributed by atoms with Crippen LogP contribution in [0.25, 0.3) is 0 Å². The molecule has 14 heteroatoms. The molecular weight excluding hydrogens is 744 g/mol. The summed E-state index contributed by atoms with van der Waals surface area (Å²) in [7, 11) is -8.40. The lowest BCUT2D eigenvalue weighted by molar-refractivity contribution is -0.138. The van der Waals surface area contributed by atoms with E-state index in [1.807, 2.05) is 66.7 Å². The zero-order valence-corrected chi connectivity index (χ0v) is 31.0. The highest BCUT2D eigenvalue weighted by Crippen LogP contribution is 2.32. The lowest BCUT2D eigenvalue weighted by atomic mass is 10.1. The van der Waals surface area contributed by atoms with Crippen LogP contribution >= 0.6 is 0 Å². The molecule has 4 aromatic rings. The normalized spacial score (nSPS) is 12.8. The zero-order chi connectivity index (χ0) is 39.8. The molecule has 0 bridgehead atoms. The van der Waals surface area contributed by atoms with E-state index < -0.39 is 58.7 Å². The average Bonchev–Trinajstić information content (AvgIpc) is 3.14. The van der Waals surface area contributed by atoms with Crippen LogP contribution in [0.2, 0.25) is 0 Å². The van der Waals surface area contributed by atoms with Crippen molar-refractivity contribution in [3.63, 3.8) is 0 Å². The van der Waals surface area contributed by atoms with Crippen molar-refractivity contribution in [2.75, 3.05) is 0 Å². The standard InChI is InChI=1S/C20H21F3O4S.C20H21NO4S/c21-20(22,23)16-11-7-12-17(14-16)28(26,27)18(19(24)25)13-6-2-5-10-15-8-3-1-4-9-15;21-15-17-11-13-18(14-12-17)26(24,25)19(20(22)23)10-6-2-5-9-16-7-3-1-4-8-16/h1,3-4,7-9,11-12,14,18H,2,5-6,10,13H2,(H,24,25);1,3-4,7-8,11-14,19H,2,5-6,9-10H2,(H,22,23). The molecule has 54 heavy (non-hydrogen) atoms. The van der Waals surface area contributed by atoms with Gasteiger partial charge in [0.2, 0.25) is 0 Å². The van der Waals surface area contributed by atoms with Crippen LogP contribution in [0.1, 0.15) is 73.6 Å². The number of sulfone groups is 2. The molecular formula is C40H42F3NO8S2. The van der Waals surface area contributed by atoms with Crippen molar-refractivity contribution in [2.24, 2.45) is 0 Å². The molecule has 288 valence electrons. The van der Waals surface area contributed by atoms with Crippen molar-refractivity contribution in [3.8, 4) is 6.07 Å².